The Labute approximate surface area is 152 Å². The minimum Gasteiger partial charge on any atom is -0.349 e. The maximum absolute atomic E-state index is 12.2. The average Bonchev–Trinajstić information content (AvgIpc) is 3.04. The number of rotatable bonds is 6. The first-order valence-electron chi connectivity index (χ1n) is 8.47. The number of amides is 1. The Morgan fingerprint density at radius 3 is 2.38 bits per heavy atom. The van der Waals surface area contributed by atoms with E-state index in [1.54, 1.807) is 13.1 Å². The molecule has 0 radical (unpaired) electrons. The molecule has 134 valence electrons. The van der Waals surface area contributed by atoms with Crippen LogP contribution < -0.4 is 5.32 Å². The number of fused-ring (bicyclic) bond motifs is 1. The van der Waals surface area contributed by atoms with Crippen molar-refractivity contribution in [1.29, 1.82) is 0 Å². The molecular formula is C20H22N4O2. The monoisotopic (exact) mass is 350 g/mol. The Morgan fingerprint density at radius 2 is 1.73 bits per heavy atom. The molecule has 3 aromatic rings. The maximum Gasteiger partial charge on any atom is 0.271 e. The van der Waals surface area contributed by atoms with Crippen molar-refractivity contribution in [2.24, 2.45) is 0 Å². The van der Waals surface area contributed by atoms with Crippen molar-refractivity contribution in [3.63, 3.8) is 0 Å². The van der Waals surface area contributed by atoms with Gasteiger partial charge in [0.1, 0.15) is 11.3 Å². The minimum atomic E-state index is -0.178. The van der Waals surface area contributed by atoms with Gasteiger partial charge in [0.2, 0.25) is 0 Å². The molecule has 2 heterocycles. The molecule has 0 spiro atoms. The molecule has 0 atom stereocenters. The van der Waals surface area contributed by atoms with Crippen LogP contribution in [0.3, 0.4) is 0 Å². The van der Waals surface area contributed by atoms with Gasteiger partial charge in [0.15, 0.2) is 5.78 Å². The maximum atomic E-state index is 12.2. The van der Waals surface area contributed by atoms with E-state index >= 15 is 0 Å². The lowest BCUT2D eigenvalue weighted by Crippen LogP contribution is -2.31. The van der Waals surface area contributed by atoms with Crippen molar-refractivity contribution in [3.05, 3.63) is 60.0 Å². The summed E-state index contributed by atoms with van der Waals surface area (Å²) in [6, 6.07) is 11.3. The Hall–Kier alpha value is -2.99. The third-order valence-electron chi connectivity index (χ3n) is 4.15. The summed E-state index contributed by atoms with van der Waals surface area (Å²) in [6.45, 7) is 2.91. The summed E-state index contributed by atoms with van der Waals surface area (Å²) in [5.74, 6) is -0.130. The molecular weight excluding hydrogens is 328 g/mol. The number of benzene rings is 1. The molecule has 6 heteroatoms. The molecule has 1 N–H and O–H groups in total. The van der Waals surface area contributed by atoms with Gasteiger partial charge in [-0.1, -0.05) is 24.3 Å². The van der Waals surface area contributed by atoms with Crippen LogP contribution in [0, 0.1) is 0 Å². The predicted molar refractivity (Wildman–Crippen MR) is 102 cm³/mol. The van der Waals surface area contributed by atoms with Gasteiger partial charge in [-0.15, -0.1) is 0 Å². The van der Waals surface area contributed by atoms with E-state index in [4.69, 9.17) is 0 Å². The third-order valence-corrected chi connectivity index (χ3v) is 4.15. The van der Waals surface area contributed by atoms with Crippen molar-refractivity contribution in [2.75, 3.05) is 27.2 Å². The second-order valence-electron chi connectivity index (χ2n) is 6.50. The van der Waals surface area contributed by atoms with E-state index < -0.39 is 0 Å². The Balaban J connectivity index is 1.80. The largest absolute Gasteiger partial charge is 0.349 e. The van der Waals surface area contributed by atoms with E-state index in [0.717, 1.165) is 17.7 Å². The van der Waals surface area contributed by atoms with Gasteiger partial charge in [0.25, 0.3) is 5.91 Å². The fraction of sp³-hybridized carbons (Fsp3) is 0.250. The first kappa shape index (κ1) is 17.8. The number of ketones is 1. The van der Waals surface area contributed by atoms with Gasteiger partial charge < -0.3 is 14.6 Å². The molecule has 0 aliphatic rings. The smallest absolute Gasteiger partial charge is 0.271 e. The summed E-state index contributed by atoms with van der Waals surface area (Å²) in [5.41, 5.74) is 3.79. The van der Waals surface area contributed by atoms with Gasteiger partial charge >= 0.3 is 0 Å². The van der Waals surface area contributed by atoms with Gasteiger partial charge in [0.05, 0.1) is 0 Å². The molecule has 1 aromatic carbocycles. The molecule has 1 amide bonds. The number of aromatic nitrogens is 2. The van der Waals surface area contributed by atoms with Crippen LogP contribution in [0.15, 0.2) is 48.8 Å². The number of imidazole rings is 1. The number of nitrogens with one attached hydrogen (secondary N) is 1. The standard InChI is InChI=1S/C20H22N4O2/c1-14(25)15-4-6-16(7-5-15)17-8-9-19-22-18(13-24(19)12-17)20(26)21-10-11-23(2)3/h4-9,12-13H,10-11H2,1-3H3,(H,21,26). The summed E-state index contributed by atoms with van der Waals surface area (Å²) in [6.07, 6.45) is 3.66. The van der Waals surface area contributed by atoms with Crippen LogP contribution in [0.2, 0.25) is 0 Å². The van der Waals surface area contributed by atoms with Crippen molar-refractivity contribution in [2.45, 2.75) is 6.92 Å². The molecule has 0 unspecified atom stereocenters. The first-order valence-corrected chi connectivity index (χ1v) is 8.47. The first-order chi connectivity index (χ1) is 12.4. The number of carbonyl (C=O) groups excluding carboxylic acids is 2. The summed E-state index contributed by atoms with van der Waals surface area (Å²) >= 11 is 0. The van der Waals surface area contributed by atoms with Crippen molar-refractivity contribution >= 4 is 17.3 Å². The van der Waals surface area contributed by atoms with E-state index in [2.05, 4.69) is 10.3 Å². The van der Waals surface area contributed by atoms with Crippen LogP contribution in [-0.2, 0) is 0 Å². The number of hydrogen-bond acceptors (Lipinski definition) is 4. The number of pyridine rings is 1. The van der Waals surface area contributed by atoms with E-state index in [0.29, 0.717) is 23.4 Å². The van der Waals surface area contributed by atoms with E-state index in [1.807, 2.05) is 66.0 Å². The molecule has 26 heavy (non-hydrogen) atoms. The van der Waals surface area contributed by atoms with Crippen LogP contribution in [-0.4, -0.2) is 53.2 Å². The van der Waals surface area contributed by atoms with Gasteiger partial charge in [-0.3, -0.25) is 9.59 Å². The SMILES string of the molecule is CC(=O)c1ccc(-c2ccc3nc(C(=O)NCCN(C)C)cn3c2)cc1. The number of likely N-dealkylation sites (N-methyl/N-ethyl adjacent to an activating group) is 1. The summed E-state index contributed by atoms with van der Waals surface area (Å²) in [4.78, 5) is 30.0. The Kier molecular flexibility index (Phi) is 5.14. The topological polar surface area (TPSA) is 66.7 Å². The van der Waals surface area contributed by atoms with Crippen LogP contribution in [0.1, 0.15) is 27.8 Å². The lowest BCUT2D eigenvalue weighted by molar-refractivity contribution is 0.0945. The highest BCUT2D eigenvalue weighted by Gasteiger charge is 2.11. The fourth-order valence-electron chi connectivity index (χ4n) is 2.65. The zero-order chi connectivity index (χ0) is 18.7. The van der Waals surface area contributed by atoms with Crippen LogP contribution in [0.5, 0.6) is 0 Å². The lowest BCUT2D eigenvalue weighted by atomic mass is 10.0. The number of hydrogen-bond donors (Lipinski definition) is 1. The van der Waals surface area contributed by atoms with E-state index in [-0.39, 0.29) is 11.7 Å². The second kappa shape index (κ2) is 7.49. The Morgan fingerprint density at radius 1 is 1.04 bits per heavy atom. The lowest BCUT2D eigenvalue weighted by Gasteiger charge is -2.09. The zero-order valence-corrected chi connectivity index (χ0v) is 15.2. The van der Waals surface area contributed by atoms with Gasteiger partial charge in [-0.2, -0.15) is 0 Å². The molecule has 6 nitrogen and oxygen atoms in total. The molecule has 3 rings (SSSR count). The molecule has 0 fully saturated rings. The molecule has 2 aromatic heterocycles. The van der Waals surface area contributed by atoms with Gasteiger partial charge in [-0.25, -0.2) is 4.98 Å². The molecule has 0 aliphatic carbocycles. The Bertz CT molecular complexity index is 942. The van der Waals surface area contributed by atoms with E-state index in [9.17, 15) is 9.59 Å². The average molecular weight is 350 g/mol. The number of nitrogens with zero attached hydrogens (tertiary/aromatic N) is 3. The summed E-state index contributed by atoms with van der Waals surface area (Å²) in [5, 5.41) is 2.87. The highest BCUT2D eigenvalue weighted by molar-refractivity contribution is 5.94. The highest BCUT2D eigenvalue weighted by Crippen LogP contribution is 2.21. The molecule has 0 saturated carbocycles. The second-order valence-corrected chi connectivity index (χ2v) is 6.50. The summed E-state index contributed by atoms with van der Waals surface area (Å²) < 4.78 is 1.84. The van der Waals surface area contributed by atoms with Crippen molar-refractivity contribution in [1.82, 2.24) is 19.6 Å². The van der Waals surface area contributed by atoms with E-state index in [1.165, 1.54) is 0 Å². The number of carbonyl (C=O) groups is 2. The normalized spacial score (nSPS) is 11.1. The number of Topliss-reactive ketones (excluding diaryl/α,β-unsaturated/α-hetero) is 1. The van der Waals surface area contributed by atoms with Crippen LogP contribution in [0.25, 0.3) is 16.8 Å². The fourth-order valence-corrected chi connectivity index (χ4v) is 2.65. The zero-order valence-electron chi connectivity index (χ0n) is 15.2. The van der Waals surface area contributed by atoms with Crippen molar-refractivity contribution in [3.8, 4) is 11.1 Å². The quantitative estimate of drug-likeness (QED) is 0.694. The van der Waals surface area contributed by atoms with Gasteiger partial charge in [0, 0.05) is 31.0 Å². The highest BCUT2D eigenvalue weighted by atomic mass is 16.2. The summed E-state index contributed by atoms with van der Waals surface area (Å²) in [7, 11) is 3.92. The van der Waals surface area contributed by atoms with Crippen LogP contribution in [0.4, 0.5) is 0 Å². The molecule has 0 bridgehead atoms. The van der Waals surface area contributed by atoms with Gasteiger partial charge in [-0.05, 0) is 44.3 Å². The predicted octanol–water partition coefficient (Wildman–Crippen LogP) is 2.50. The van der Waals surface area contributed by atoms with Crippen molar-refractivity contribution < 1.29 is 9.59 Å². The molecule has 0 aliphatic heterocycles. The molecule has 0 saturated heterocycles. The third kappa shape index (κ3) is 3.97. The van der Waals surface area contributed by atoms with Crippen LogP contribution >= 0.6 is 0 Å². The minimum absolute atomic E-state index is 0.0477.